The van der Waals surface area contributed by atoms with Gasteiger partial charge in [-0.15, -0.1) is 0 Å². The second-order valence-electron chi connectivity index (χ2n) is 3.82. The van der Waals surface area contributed by atoms with Crippen molar-refractivity contribution in [1.82, 2.24) is 0 Å². The Hall–Kier alpha value is -1.18. The van der Waals surface area contributed by atoms with Crippen LogP contribution in [0.5, 0.6) is 0 Å². The molecular formula is C9H10O7. The van der Waals surface area contributed by atoms with Crippen molar-refractivity contribution >= 4 is 11.9 Å². The van der Waals surface area contributed by atoms with E-state index in [0.717, 1.165) is 0 Å². The maximum atomic E-state index is 11.4. The standard InChI is InChI=1S/C9H10O7/c1-3(10)14-6-4-5(15-8(6)11)7-9(16-4)13-2-12-7/h4-7,9H,2H2,1H3. The topological polar surface area (TPSA) is 80.3 Å². The molecule has 0 aromatic heterocycles. The van der Waals surface area contributed by atoms with E-state index in [0.29, 0.717) is 0 Å². The number of rotatable bonds is 1. The molecule has 0 N–H and O–H groups in total. The fourth-order valence-corrected chi connectivity index (χ4v) is 2.15. The Balaban J connectivity index is 1.78. The largest absolute Gasteiger partial charge is 0.454 e. The molecule has 3 aliphatic heterocycles. The fourth-order valence-electron chi connectivity index (χ4n) is 2.15. The number of ether oxygens (including phenoxy) is 5. The SMILES string of the molecule is CC(=O)OC1C(=O)OC2C3OCOC3OC12. The third-order valence-corrected chi connectivity index (χ3v) is 2.78. The lowest BCUT2D eigenvalue weighted by Gasteiger charge is -2.14. The van der Waals surface area contributed by atoms with Gasteiger partial charge in [0.05, 0.1) is 0 Å². The third kappa shape index (κ3) is 1.32. The number of fused-ring (bicyclic) bond motifs is 3. The molecule has 5 unspecified atom stereocenters. The van der Waals surface area contributed by atoms with Gasteiger partial charge in [0, 0.05) is 6.92 Å². The molecule has 16 heavy (non-hydrogen) atoms. The van der Waals surface area contributed by atoms with E-state index in [-0.39, 0.29) is 6.79 Å². The predicted molar refractivity (Wildman–Crippen MR) is 44.9 cm³/mol. The van der Waals surface area contributed by atoms with Crippen molar-refractivity contribution in [2.45, 2.75) is 37.6 Å². The highest BCUT2D eigenvalue weighted by molar-refractivity contribution is 5.81. The molecule has 0 radical (unpaired) electrons. The van der Waals surface area contributed by atoms with Gasteiger partial charge in [-0.25, -0.2) is 4.79 Å². The molecule has 0 spiro atoms. The Morgan fingerprint density at radius 3 is 2.88 bits per heavy atom. The quantitative estimate of drug-likeness (QED) is 0.531. The van der Waals surface area contributed by atoms with Crippen LogP contribution in [0.2, 0.25) is 0 Å². The third-order valence-electron chi connectivity index (χ3n) is 2.78. The number of carbonyl (C=O) groups is 2. The van der Waals surface area contributed by atoms with Gasteiger partial charge < -0.3 is 23.7 Å². The van der Waals surface area contributed by atoms with Gasteiger partial charge in [0.1, 0.15) is 6.10 Å². The fraction of sp³-hybridized carbons (Fsp3) is 0.778. The Morgan fingerprint density at radius 1 is 1.31 bits per heavy atom. The first-order chi connectivity index (χ1) is 7.66. The van der Waals surface area contributed by atoms with Crippen LogP contribution in [0, 0.1) is 0 Å². The lowest BCUT2D eigenvalue weighted by atomic mass is 10.1. The van der Waals surface area contributed by atoms with Crippen molar-refractivity contribution in [2.75, 3.05) is 6.79 Å². The minimum Gasteiger partial charge on any atom is -0.454 e. The van der Waals surface area contributed by atoms with Crippen LogP contribution in [0.15, 0.2) is 0 Å². The summed E-state index contributed by atoms with van der Waals surface area (Å²) in [6.07, 6.45) is -3.16. The van der Waals surface area contributed by atoms with Crippen LogP contribution in [-0.2, 0) is 33.3 Å². The Labute approximate surface area is 90.5 Å². The number of carbonyl (C=O) groups excluding carboxylic acids is 2. The zero-order chi connectivity index (χ0) is 11.3. The van der Waals surface area contributed by atoms with Crippen molar-refractivity contribution in [3.8, 4) is 0 Å². The summed E-state index contributed by atoms with van der Waals surface area (Å²) < 4.78 is 25.7. The number of esters is 2. The second-order valence-corrected chi connectivity index (χ2v) is 3.82. The Kier molecular flexibility index (Phi) is 2.13. The molecule has 88 valence electrons. The molecule has 0 aromatic carbocycles. The lowest BCUT2D eigenvalue weighted by Crippen LogP contribution is -2.35. The smallest absolute Gasteiger partial charge is 0.350 e. The van der Waals surface area contributed by atoms with Gasteiger partial charge >= 0.3 is 11.9 Å². The molecule has 7 heteroatoms. The van der Waals surface area contributed by atoms with Crippen LogP contribution >= 0.6 is 0 Å². The van der Waals surface area contributed by atoms with Crippen LogP contribution in [0.3, 0.4) is 0 Å². The van der Waals surface area contributed by atoms with Crippen molar-refractivity contribution in [3.05, 3.63) is 0 Å². The molecule has 0 amide bonds. The van der Waals surface area contributed by atoms with E-state index in [4.69, 9.17) is 23.7 Å². The molecule has 3 heterocycles. The molecule has 0 bridgehead atoms. The van der Waals surface area contributed by atoms with Gasteiger partial charge in [0.25, 0.3) is 0 Å². The van der Waals surface area contributed by atoms with Crippen LogP contribution in [0.1, 0.15) is 6.92 Å². The van der Waals surface area contributed by atoms with Gasteiger partial charge in [0.15, 0.2) is 25.3 Å². The average molecular weight is 230 g/mol. The van der Waals surface area contributed by atoms with Gasteiger partial charge in [-0.3, -0.25) is 4.79 Å². The summed E-state index contributed by atoms with van der Waals surface area (Å²) in [5.74, 6) is -1.15. The van der Waals surface area contributed by atoms with E-state index in [2.05, 4.69) is 0 Å². The summed E-state index contributed by atoms with van der Waals surface area (Å²) in [4.78, 5) is 22.3. The van der Waals surface area contributed by atoms with Crippen LogP contribution in [0.25, 0.3) is 0 Å². The molecule has 5 atom stereocenters. The van der Waals surface area contributed by atoms with Gasteiger partial charge in [0.2, 0.25) is 6.10 Å². The molecule has 3 fully saturated rings. The normalized spacial score (nSPS) is 45.1. The summed E-state index contributed by atoms with van der Waals surface area (Å²) in [5.41, 5.74) is 0. The van der Waals surface area contributed by atoms with Crippen LogP contribution in [-0.4, -0.2) is 49.4 Å². The van der Waals surface area contributed by atoms with Gasteiger partial charge in [-0.05, 0) is 0 Å². The molecule has 0 aromatic rings. The van der Waals surface area contributed by atoms with E-state index in [9.17, 15) is 9.59 Å². The molecule has 0 aliphatic carbocycles. The van der Waals surface area contributed by atoms with E-state index in [1.165, 1.54) is 6.92 Å². The van der Waals surface area contributed by atoms with E-state index in [1.807, 2.05) is 0 Å². The first-order valence-corrected chi connectivity index (χ1v) is 4.93. The van der Waals surface area contributed by atoms with E-state index in [1.54, 1.807) is 0 Å². The molecule has 7 nitrogen and oxygen atoms in total. The molecule has 3 aliphatic rings. The molecule has 0 saturated carbocycles. The van der Waals surface area contributed by atoms with Gasteiger partial charge in [-0.1, -0.05) is 0 Å². The summed E-state index contributed by atoms with van der Waals surface area (Å²) >= 11 is 0. The monoisotopic (exact) mass is 230 g/mol. The summed E-state index contributed by atoms with van der Waals surface area (Å²) in [6, 6.07) is 0. The first-order valence-electron chi connectivity index (χ1n) is 4.93. The highest BCUT2D eigenvalue weighted by Crippen LogP contribution is 2.37. The molecular weight excluding hydrogens is 220 g/mol. The maximum absolute atomic E-state index is 11.4. The van der Waals surface area contributed by atoms with Gasteiger partial charge in [-0.2, -0.15) is 0 Å². The van der Waals surface area contributed by atoms with E-state index >= 15 is 0 Å². The number of hydrogen-bond donors (Lipinski definition) is 0. The Bertz CT molecular complexity index is 341. The van der Waals surface area contributed by atoms with Crippen LogP contribution in [0.4, 0.5) is 0 Å². The minimum atomic E-state index is -1.01. The lowest BCUT2D eigenvalue weighted by molar-refractivity contribution is -0.172. The Morgan fingerprint density at radius 2 is 2.12 bits per heavy atom. The zero-order valence-corrected chi connectivity index (χ0v) is 8.45. The van der Waals surface area contributed by atoms with Crippen molar-refractivity contribution in [3.63, 3.8) is 0 Å². The predicted octanol–water partition coefficient (Wildman–Crippen LogP) is -1.06. The summed E-state index contributed by atoms with van der Waals surface area (Å²) in [6.45, 7) is 1.34. The highest BCUT2D eigenvalue weighted by Gasteiger charge is 2.61. The zero-order valence-electron chi connectivity index (χ0n) is 8.45. The van der Waals surface area contributed by atoms with Crippen molar-refractivity contribution in [2.24, 2.45) is 0 Å². The second kappa shape index (κ2) is 3.41. The highest BCUT2D eigenvalue weighted by atomic mass is 16.8. The summed E-state index contributed by atoms with van der Waals surface area (Å²) in [7, 11) is 0. The van der Waals surface area contributed by atoms with Crippen molar-refractivity contribution in [1.29, 1.82) is 0 Å². The number of hydrogen-bond acceptors (Lipinski definition) is 7. The maximum Gasteiger partial charge on any atom is 0.350 e. The minimum absolute atomic E-state index is 0.119. The molecule has 3 rings (SSSR count). The van der Waals surface area contributed by atoms with E-state index < -0.39 is 42.6 Å². The first kappa shape index (κ1) is 10.0. The average Bonchev–Trinajstić information content (AvgIpc) is 2.82. The molecule has 3 saturated heterocycles. The summed E-state index contributed by atoms with van der Waals surface area (Å²) in [5, 5.41) is 0. The van der Waals surface area contributed by atoms with Crippen LogP contribution < -0.4 is 0 Å². The van der Waals surface area contributed by atoms with Crippen molar-refractivity contribution < 1.29 is 33.3 Å².